The number of ether oxygens (including phenoxy) is 2. The number of carbonyl (C=O) groups excluding carboxylic acids is 2. The number of nitrogens with zero attached hydrogens (tertiary/aromatic N) is 2. The summed E-state index contributed by atoms with van der Waals surface area (Å²) in [5, 5.41) is 55.8. The van der Waals surface area contributed by atoms with Crippen molar-refractivity contribution >= 4 is 23.6 Å². The molecule has 1 aliphatic rings. The number of hydrogen-bond donors (Lipinski definition) is 5. The van der Waals surface area contributed by atoms with Crippen LogP contribution in [0.3, 0.4) is 0 Å². The number of esters is 1. The second-order valence-electron chi connectivity index (χ2n) is 6.74. The Morgan fingerprint density at radius 1 is 0.968 bits per heavy atom. The van der Waals surface area contributed by atoms with Crippen LogP contribution < -0.4 is 0 Å². The average molecular weight is 432 g/mol. The fourth-order valence-electron chi connectivity index (χ4n) is 2.79. The van der Waals surface area contributed by atoms with Gasteiger partial charge in [-0.3, -0.25) is 4.79 Å². The lowest BCUT2D eigenvalue weighted by Crippen LogP contribution is -2.58. The summed E-state index contributed by atoms with van der Waals surface area (Å²) in [7, 11) is 0. The van der Waals surface area contributed by atoms with Gasteiger partial charge in [0.1, 0.15) is 36.8 Å². The molecule has 0 saturated carbocycles. The summed E-state index contributed by atoms with van der Waals surface area (Å²) in [6.45, 7) is -0.456. The molecule has 11 nitrogen and oxygen atoms in total. The van der Waals surface area contributed by atoms with Crippen LogP contribution in [0, 0.1) is 0 Å². The van der Waals surface area contributed by atoms with Crippen molar-refractivity contribution < 1.29 is 44.6 Å². The van der Waals surface area contributed by atoms with Gasteiger partial charge in [0, 0.05) is 0 Å². The molecule has 5 N–H and O–H groups in total. The van der Waals surface area contributed by atoms with Gasteiger partial charge < -0.3 is 35.0 Å². The summed E-state index contributed by atoms with van der Waals surface area (Å²) >= 11 is 0. The van der Waals surface area contributed by atoms with Gasteiger partial charge in [-0.15, -0.1) is 0 Å². The van der Waals surface area contributed by atoms with E-state index in [4.69, 9.17) is 9.47 Å². The third-order valence-electron chi connectivity index (χ3n) is 4.59. The topological polar surface area (TPSA) is 178 Å². The maximum atomic E-state index is 12.2. The Balaban J connectivity index is 1.58. The molecule has 0 spiro atoms. The lowest BCUT2D eigenvalue weighted by molar-refractivity contribution is -0.286. The van der Waals surface area contributed by atoms with E-state index in [0.29, 0.717) is 17.7 Å². The molecule has 11 heteroatoms. The third-order valence-corrected chi connectivity index (χ3v) is 4.59. The summed E-state index contributed by atoms with van der Waals surface area (Å²) in [5.41, 5.74) is 1.00. The zero-order valence-electron chi connectivity index (χ0n) is 16.0. The second-order valence-corrected chi connectivity index (χ2v) is 6.74. The van der Waals surface area contributed by atoms with Gasteiger partial charge in [-0.25, -0.2) is 4.79 Å². The van der Waals surface area contributed by atoms with E-state index >= 15 is 0 Å². The normalized spacial score (nSPS) is 26.0. The molecule has 5 atom stereocenters. The van der Waals surface area contributed by atoms with Crippen LogP contribution in [0.2, 0.25) is 0 Å². The first-order chi connectivity index (χ1) is 14.8. The zero-order chi connectivity index (χ0) is 22.5. The standard InChI is InChI=1S/C20H20N2O9/c23-8-11-7-13(5-6-14(11)24)22-21-12-3-1-10(2-4-12)19(28)30-9-15-16(25)17(26)18(27)20(29)31-15/h1-8,15-18,20,24-27,29H,9H2/t15-,16-,17+,18-,20?/m1/s1. The SMILES string of the molecule is O=Cc1cc(N=Nc2ccc(C(=O)OC[C@H]3OC(O)[C@H](O)[C@@H](O)[C@@H]3O)cc2)ccc1O. The van der Waals surface area contributed by atoms with E-state index in [-0.39, 0.29) is 16.9 Å². The van der Waals surface area contributed by atoms with Gasteiger partial charge in [-0.1, -0.05) is 0 Å². The van der Waals surface area contributed by atoms with Crippen LogP contribution in [0.15, 0.2) is 52.7 Å². The molecule has 164 valence electrons. The number of phenols is 1. The first-order valence-corrected chi connectivity index (χ1v) is 9.15. The molecule has 0 radical (unpaired) electrons. The van der Waals surface area contributed by atoms with E-state index in [0.717, 1.165) is 0 Å². The van der Waals surface area contributed by atoms with E-state index in [1.807, 2.05) is 0 Å². The number of azo groups is 1. The maximum Gasteiger partial charge on any atom is 0.338 e. The highest BCUT2D eigenvalue weighted by Gasteiger charge is 2.43. The van der Waals surface area contributed by atoms with Crippen molar-refractivity contribution in [2.75, 3.05) is 6.61 Å². The third kappa shape index (κ3) is 5.29. The molecule has 1 saturated heterocycles. The van der Waals surface area contributed by atoms with Crippen LogP contribution in [0.4, 0.5) is 11.4 Å². The van der Waals surface area contributed by atoms with Crippen molar-refractivity contribution in [1.29, 1.82) is 0 Å². The quantitative estimate of drug-likeness (QED) is 0.248. The number of aliphatic hydroxyl groups is 4. The average Bonchev–Trinajstić information content (AvgIpc) is 2.78. The van der Waals surface area contributed by atoms with Crippen LogP contribution in [-0.2, 0) is 9.47 Å². The van der Waals surface area contributed by atoms with E-state index in [1.54, 1.807) is 0 Å². The molecule has 0 aliphatic carbocycles. The molecule has 1 aliphatic heterocycles. The van der Waals surface area contributed by atoms with Crippen molar-refractivity contribution in [3.8, 4) is 5.75 Å². The fraction of sp³-hybridized carbons (Fsp3) is 0.300. The monoisotopic (exact) mass is 432 g/mol. The number of aromatic hydroxyl groups is 1. The Kier molecular flexibility index (Phi) is 7.05. The van der Waals surface area contributed by atoms with Gasteiger partial charge in [-0.05, 0) is 42.5 Å². The highest BCUT2D eigenvalue weighted by Crippen LogP contribution is 2.24. The Labute approximate surface area is 175 Å². The lowest BCUT2D eigenvalue weighted by atomic mass is 9.99. The zero-order valence-corrected chi connectivity index (χ0v) is 16.0. The minimum Gasteiger partial charge on any atom is -0.507 e. The van der Waals surface area contributed by atoms with Gasteiger partial charge in [-0.2, -0.15) is 10.2 Å². The number of carbonyl (C=O) groups is 2. The number of phenolic OH excluding ortho intramolecular Hbond substituents is 1. The molecule has 1 unspecified atom stereocenters. The molecule has 2 aromatic rings. The molecule has 2 aromatic carbocycles. The van der Waals surface area contributed by atoms with E-state index in [1.165, 1.54) is 42.5 Å². The van der Waals surface area contributed by atoms with Crippen LogP contribution in [0.25, 0.3) is 0 Å². The van der Waals surface area contributed by atoms with Gasteiger partial charge >= 0.3 is 5.97 Å². The second kappa shape index (κ2) is 9.73. The minimum absolute atomic E-state index is 0.0798. The van der Waals surface area contributed by atoms with E-state index in [9.17, 15) is 35.1 Å². The largest absolute Gasteiger partial charge is 0.507 e. The molecule has 0 bridgehead atoms. The van der Waals surface area contributed by atoms with Crippen LogP contribution >= 0.6 is 0 Å². The van der Waals surface area contributed by atoms with Crippen molar-refractivity contribution in [3.05, 3.63) is 53.6 Å². The van der Waals surface area contributed by atoms with E-state index < -0.39 is 43.3 Å². The van der Waals surface area contributed by atoms with Crippen LogP contribution in [0.1, 0.15) is 20.7 Å². The number of benzene rings is 2. The number of aliphatic hydroxyl groups excluding tert-OH is 4. The molecular weight excluding hydrogens is 412 g/mol. The summed E-state index contributed by atoms with van der Waals surface area (Å²) < 4.78 is 9.98. The van der Waals surface area contributed by atoms with Gasteiger partial charge in [0.05, 0.1) is 22.5 Å². The van der Waals surface area contributed by atoms with Crippen molar-refractivity contribution in [2.24, 2.45) is 10.2 Å². The minimum atomic E-state index is -1.72. The Morgan fingerprint density at radius 3 is 2.29 bits per heavy atom. The highest BCUT2D eigenvalue weighted by molar-refractivity contribution is 5.89. The van der Waals surface area contributed by atoms with Crippen molar-refractivity contribution in [3.63, 3.8) is 0 Å². The summed E-state index contributed by atoms with van der Waals surface area (Å²) in [5.74, 6) is -0.910. The Hall–Kier alpha value is -3.22. The fourth-order valence-corrected chi connectivity index (χ4v) is 2.79. The van der Waals surface area contributed by atoms with Crippen molar-refractivity contribution in [1.82, 2.24) is 0 Å². The van der Waals surface area contributed by atoms with Crippen LogP contribution in [-0.4, -0.2) is 75.1 Å². The number of hydrogen-bond acceptors (Lipinski definition) is 11. The molecule has 1 heterocycles. The first-order valence-electron chi connectivity index (χ1n) is 9.15. The summed E-state index contributed by atoms with van der Waals surface area (Å²) in [6, 6.07) is 10.0. The van der Waals surface area contributed by atoms with Crippen LogP contribution in [0.5, 0.6) is 5.75 Å². The van der Waals surface area contributed by atoms with Gasteiger partial charge in [0.25, 0.3) is 0 Å². The molecule has 31 heavy (non-hydrogen) atoms. The number of aldehydes is 1. The lowest BCUT2D eigenvalue weighted by Gasteiger charge is -2.37. The Morgan fingerprint density at radius 2 is 1.61 bits per heavy atom. The smallest absolute Gasteiger partial charge is 0.338 e. The summed E-state index contributed by atoms with van der Waals surface area (Å²) in [4.78, 5) is 23.0. The Bertz CT molecular complexity index is 964. The molecular formula is C20H20N2O9. The predicted octanol–water partition coefficient (Wildman–Crippen LogP) is 0.577. The highest BCUT2D eigenvalue weighted by atomic mass is 16.6. The molecule has 3 rings (SSSR count). The van der Waals surface area contributed by atoms with Gasteiger partial charge in [0.15, 0.2) is 12.6 Å². The first kappa shape index (κ1) is 22.5. The summed E-state index contributed by atoms with van der Waals surface area (Å²) in [6.07, 6.45) is -7.30. The van der Waals surface area contributed by atoms with Gasteiger partial charge in [0.2, 0.25) is 0 Å². The molecule has 1 fully saturated rings. The van der Waals surface area contributed by atoms with Crippen molar-refractivity contribution in [2.45, 2.75) is 30.7 Å². The number of rotatable bonds is 6. The molecule has 0 aromatic heterocycles. The molecule has 0 amide bonds. The predicted molar refractivity (Wildman–Crippen MR) is 103 cm³/mol. The van der Waals surface area contributed by atoms with E-state index in [2.05, 4.69) is 10.2 Å². The maximum absolute atomic E-state index is 12.2.